The van der Waals surface area contributed by atoms with E-state index in [0.29, 0.717) is 18.0 Å². The summed E-state index contributed by atoms with van der Waals surface area (Å²) >= 11 is 0. The molecule has 0 radical (unpaired) electrons. The number of anilines is 1. The highest BCUT2D eigenvalue weighted by atomic mass is 32.2. The van der Waals surface area contributed by atoms with Crippen molar-refractivity contribution >= 4 is 21.9 Å². The zero-order valence-electron chi connectivity index (χ0n) is 16.0. The maximum absolute atomic E-state index is 12.6. The third kappa shape index (κ3) is 5.26. The number of esters is 1. The van der Waals surface area contributed by atoms with Gasteiger partial charge < -0.3 is 4.74 Å². The van der Waals surface area contributed by atoms with Crippen LogP contribution in [0.1, 0.15) is 61.6 Å². The van der Waals surface area contributed by atoms with Crippen LogP contribution in [0.5, 0.6) is 0 Å². The Balaban J connectivity index is 2.29. The highest BCUT2D eigenvalue weighted by molar-refractivity contribution is 7.92. The number of nitrogens with zero attached hydrogens (tertiary/aromatic N) is 2. The lowest BCUT2D eigenvalue weighted by Crippen LogP contribution is -2.17. The molecule has 1 N–H and O–H groups in total. The molecule has 27 heavy (non-hydrogen) atoms. The van der Waals surface area contributed by atoms with Gasteiger partial charge in [-0.15, -0.1) is 0 Å². The van der Waals surface area contributed by atoms with Gasteiger partial charge in [-0.05, 0) is 37.0 Å². The van der Waals surface area contributed by atoms with Crippen molar-refractivity contribution in [2.24, 2.45) is 0 Å². The van der Waals surface area contributed by atoms with Crippen LogP contribution < -0.4 is 4.72 Å². The van der Waals surface area contributed by atoms with Crippen LogP contribution in [0.3, 0.4) is 0 Å². The van der Waals surface area contributed by atoms with Gasteiger partial charge in [-0.25, -0.2) is 27.9 Å². The van der Waals surface area contributed by atoms with E-state index < -0.39 is 16.0 Å². The third-order valence-corrected chi connectivity index (χ3v) is 5.28. The second-order valence-corrected chi connectivity index (χ2v) is 8.04. The summed E-state index contributed by atoms with van der Waals surface area (Å²) in [5.74, 6) is -0.274. The summed E-state index contributed by atoms with van der Waals surface area (Å²) in [5.41, 5.74) is 1.76. The van der Waals surface area contributed by atoms with E-state index in [1.165, 1.54) is 6.20 Å². The fourth-order valence-electron chi connectivity index (χ4n) is 2.48. The minimum absolute atomic E-state index is 0.0700. The van der Waals surface area contributed by atoms with Gasteiger partial charge in [0.15, 0.2) is 0 Å². The van der Waals surface area contributed by atoms with Gasteiger partial charge in [0.2, 0.25) is 5.95 Å². The van der Waals surface area contributed by atoms with E-state index in [9.17, 15) is 13.2 Å². The number of hydrogen-bond acceptors (Lipinski definition) is 6. The van der Waals surface area contributed by atoms with Crippen LogP contribution >= 0.6 is 0 Å². The molecule has 146 valence electrons. The van der Waals surface area contributed by atoms with E-state index >= 15 is 0 Å². The summed E-state index contributed by atoms with van der Waals surface area (Å²) in [4.78, 5) is 20.3. The Morgan fingerprint density at radius 2 is 1.85 bits per heavy atom. The van der Waals surface area contributed by atoms with E-state index in [1.54, 1.807) is 31.2 Å². The standard InChI is InChI=1S/C19H25N3O4S/c1-5-7-17-16(18(23)26-6-2)12-20-19(21-17)22-27(24,25)15-10-8-14(9-11-15)13(3)4/h8-13H,5-7H2,1-4H3,(H,20,21,22). The van der Waals surface area contributed by atoms with Gasteiger partial charge in [0.25, 0.3) is 10.0 Å². The first-order valence-corrected chi connectivity index (χ1v) is 10.4. The second kappa shape index (κ2) is 8.94. The van der Waals surface area contributed by atoms with Crippen molar-refractivity contribution in [1.29, 1.82) is 0 Å². The Morgan fingerprint density at radius 1 is 1.19 bits per heavy atom. The predicted octanol–water partition coefficient (Wildman–Crippen LogP) is 3.53. The minimum atomic E-state index is -3.82. The average Bonchev–Trinajstić information content (AvgIpc) is 2.62. The van der Waals surface area contributed by atoms with Gasteiger partial charge in [-0.3, -0.25) is 0 Å². The molecule has 2 rings (SSSR count). The lowest BCUT2D eigenvalue weighted by atomic mass is 10.0. The molecule has 8 heteroatoms. The average molecular weight is 391 g/mol. The highest BCUT2D eigenvalue weighted by Gasteiger charge is 2.19. The molecule has 0 spiro atoms. The Bertz CT molecular complexity index is 894. The Hall–Kier alpha value is -2.48. The molecule has 0 unspecified atom stereocenters. The maximum Gasteiger partial charge on any atom is 0.341 e. The molecule has 2 aromatic rings. The molecule has 0 aliphatic heterocycles. The SMILES string of the molecule is CCCc1nc(NS(=O)(=O)c2ccc(C(C)C)cc2)ncc1C(=O)OCC. The first kappa shape index (κ1) is 20.8. The number of rotatable bonds is 8. The zero-order valence-corrected chi connectivity index (χ0v) is 16.8. The van der Waals surface area contributed by atoms with Gasteiger partial charge in [0, 0.05) is 6.20 Å². The number of carbonyl (C=O) groups is 1. The monoisotopic (exact) mass is 391 g/mol. The molecule has 0 amide bonds. The smallest absolute Gasteiger partial charge is 0.341 e. The van der Waals surface area contributed by atoms with E-state index in [-0.39, 0.29) is 23.0 Å². The van der Waals surface area contributed by atoms with Crippen LogP contribution in [0.25, 0.3) is 0 Å². The van der Waals surface area contributed by atoms with Crippen molar-refractivity contribution < 1.29 is 17.9 Å². The van der Waals surface area contributed by atoms with Crippen LogP contribution in [0.2, 0.25) is 0 Å². The molecule has 0 saturated heterocycles. The van der Waals surface area contributed by atoms with Crippen molar-refractivity contribution in [2.45, 2.75) is 51.3 Å². The number of aromatic nitrogens is 2. The van der Waals surface area contributed by atoms with Gasteiger partial charge in [0.05, 0.1) is 22.8 Å². The predicted molar refractivity (Wildman–Crippen MR) is 103 cm³/mol. The molecule has 0 atom stereocenters. The lowest BCUT2D eigenvalue weighted by Gasteiger charge is -2.11. The van der Waals surface area contributed by atoms with Crippen LogP contribution in [-0.4, -0.2) is 31.0 Å². The van der Waals surface area contributed by atoms with Crippen LogP contribution in [0.15, 0.2) is 35.4 Å². The number of hydrogen-bond donors (Lipinski definition) is 1. The first-order valence-electron chi connectivity index (χ1n) is 8.94. The number of nitrogens with one attached hydrogen (secondary N) is 1. The van der Waals surface area contributed by atoms with Crippen LogP contribution in [0.4, 0.5) is 5.95 Å². The molecule has 1 aromatic heterocycles. The highest BCUT2D eigenvalue weighted by Crippen LogP contribution is 2.19. The molecule has 1 heterocycles. The number of aryl methyl sites for hydroxylation is 1. The Labute approximate surface area is 160 Å². The van der Waals surface area contributed by atoms with E-state index in [1.807, 2.05) is 20.8 Å². The fraction of sp³-hybridized carbons (Fsp3) is 0.421. The summed E-state index contributed by atoms with van der Waals surface area (Å²) in [5, 5.41) is 0. The van der Waals surface area contributed by atoms with Crippen molar-refractivity contribution in [1.82, 2.24) is 9.97 Å². The number of ether oxygens (including phenoxy) is 1. The molecule has 0 bridgehead atoms. The molecule has 0 fully saturated rings. The van der Waals surface area contributed by atoms with Gasteiger partial charge >= 0.3 is 5.97 Å². The van der Waals surface area contributed by atoms with Crippen molar-refractivity contribution in [3.8, 4) is 0 Å². The zero-order chi connectivity index (χ0) is 20.0. The molecule has 7 nitrogen and oxygen atoms in total. The molecule has 0 aliphatic carbocycles. The molecule has 1 aromatic carbocycles. The van der Waals surface area contributed by atoms with E-state index in [4.69, 9.17) is 4.74 Å². The van der Waals surface area contributed by atoms with Crippen molar-refractivity contribution in [2.75, 3.05) is 11.3 Å². The summed E-state index contributed by atoms with van der Waals surface area (Å²) in [7, 11) is -3.82. The Kier molecular flexibility index (Phi) is 6.90. The minimum Gasteiger partial charge on any atom is -0.462 e. The van der Waals surface area contributed by atoms with Gasteiger partial charge in [-0.2, -0.15) is 0 Å². The van der Waals surface area contributed by atoms with Crippen molar-refractivity contribution in [3.63, 3.8) is 0 Å². The normalized spacial score (nSPS) is 11.4. The number of benzene rings is 1. The molecular weight excluding hydrogens is 366 g/mol. The van der Waals surface area contributed by atoms with Crippen LogP contribution in [-0.2, 0) is 21.2 Å². The first-order chi connectivity index (χ1) is 12.8. The lowest BCUT2D eigenvalue weighted by molar-refractivity contribution is 0.0524. The topological polar surface area (TPSA) is 98.3 Å². The van der Waals surface area contributed by atoms with E-state index in [2.05, 4.69) is 14.7 Å². The maximum atomic E-state index is 12.6. The number of sulfonamides is 1. The van der Waals surface area contributed by atoms with E-state index in [0.717, 1.165) is 12.0 Å². The van der Waals surface area contributed by atoms with Gasteiger partial charge in [0.1, 0.15) is 0 Å². The van der Waals surface area contributed by atoms with Gasteiger partial charge in [-0.1, -0.05) is 39.3 Å². The summed E-state index contributed by atoms with van der Waals surface area (Å²) in [6.45, 7) is 7.97. The Morgan fingerprint density at radius 3 is 2.41 bits per heavy atom. The summed E-state index contributed by atoms with van der Waals surface area (Å²) in [6.07, 6.45) is 2.55. The second-order valence-electron chi connectivity index (χ2n) is 6.35. The molecular formula is C19H25N3O4S. The number of carbonyl (C=O) groups excluding carboxylic acids is 1. The quantitative estimate of drug-likeness (QED) is 0.691. The largest absolute Gasteiger partial charge is 0.462 e. The summed E-state index contributed by atoms with van der Waals surface area (Å²) in [6, 6.07) is 6.67. The molecule has 0 saturated carbocycles. The fourth-order valence-corrected chi connectivity index (χ4v) is 3.43. The summed E-state index contributed by atoms with van der Waals surface area (Å²) < 4.78 is 32.6. The molecule has 0 aliphatic rings. The third-order valence-electron chi connectivity index (χ3n) is 3.93. The van der Waals surface area contributed by atoms with Crippen molar-refractivity contribution in [3.05, 3.63) is 47.3 Å². The van der Waals surface area contributed by atoms with Crippen LogP contribution in [0, 0.1) is 0 Å².